The zero-order valence-corrected chi connectivity index (χ0v) is 15.4. The van der Waals surface area contributed by atoms with E-state index in [1.54, 1.807) is 6.07 Å². The molecule has 3 nitrogen and oxygen atoms in total. The van der Waals surface area contributed by atoms with Crippen LogP contribution < -0.4 is 0 Å². The zero-order valence-electron chi connectivity index (χ0n) is 15.4. The van der Waals surface area contributed by atoms with Crippen molar-refractivity contribution < 1.29 is 14.4 Å². The molecule has 0 unspecified atom stereocenters. The van der Waals surface area contributed by atoms with E-state index in [2.05, 4.69) is 12.1 Å². The summed E-state index contributed by atoms with van der Waals surface area (Å²) in [5, 5.41) is 5.79. The van der Waals surface area contributed by atoms with E-state index in [4.69, 9.17) is 0 Å². The molecule has 0 aliphatic heterocycles. The SMILES string of the molecule is CC(=O)c1cc2c(ccc3c4ccccc4ccc23)c(C(C)=O)c1C(C)=O. The molecule has 0 aromatic heterocycles. The van der Waals surface area contributed by atoms with Crippen molar-refractivity contribution in [2.24, 2.45) is 0 Å². The van der Waals surface area contributed by atoms with Crippen molar-refractivity contribution in [3.63, 3.8) is 0 Å². The minimum atomic E-state index is -0.272. The third kappa shape index (κ3) is 2.55. The first kappa shape index (κ1) is 17.1. The van der Waals surface area contributed by atoms with Crippen LogP contribution in [-0.4, -0.2) is 17.3 Å². The first-order chi connectivity index (χ1) is 12.9. The molecule has 0 amide bonds. The summed E-state index contributed by atoms with van der Waals surface area (Å²) >= 11 is 0. The van der Waals surface area contributed by atoms with E-state index in [0.717, 1.165) is 26.9 Å². The Morgan fingerprint density at radius 2 is 1.15 bits per heavy atom. The van der Waals surface area contributed by atoms with Gasteiger partial charge in [-0.05, 0) is 59.2 Å². The number of hydrogen-bond acceptors (Lipinski definition) is 3. The highest BCUT2D eigenvalue weighted by Gasteiger charge is 2.23. The molecule has 0 aliphatic carbocycles. The van der Waals surface area contributed by atoms with Gasteiger partial charge in [0.05, 0.1) is 0 Å². The van der Waals surface area contributed by atoms with Crippen molar-refractivity contribution in [1.29, 1.82) is 0 Å². The van der Waals surface area contributed by atoms with Crippen molar-refractivity contribution in [2.75, 3.05) is 0 Å². The Balaban J connectivity index is 2.28. The minimum absolute atomic E-state index is 0.214. The number of carbonyl (C=O) groups is 3. The molecular weight excluding hydrogens is 336 g/mol. The maximum Gasteiger partial charge on any atom is 0.161 e. The maximum absolute atomic E-state index is 12.4. The fourth-order valence-corrected chi connectivity index (χ4v) is 3.98. The smallest absolute Gasteiger partial charge is 0.161 e. The normalized spacial score (nSPS) is 11.2. The first-order valence-corrected chi connectivity index (χ1v) is 8.84. The summed E-state index contributed by atoms with van der Waals surface area (Å²) in [6.45, 7) is 4.27. The van der Waals surface area contributed by atoms with Gasteiger partial charge in [-0.1, -0.05) is 48.5 Å². The van der Waals surface area contributed by atoms with E-state index >= 15 is 0 Å². The van der Waals surface area contributed by atoms with Crippen LogP contribution in [0.1, 0.15) is 51.8 Å². The van der Waals surface area contributed by atoms with Gasteiger partial charge in [-0.3, -0.25) is 14.4 Å². The Hall–Kier alpha value is -3.33. The van der Waals surface area contributed by atoms with Crippen LogP contribution in [-0.2, 0) is 0 Å². The van der Waals surface area contributed by atoms with E-state index in [1.165, 1.54) is 20.8 Å². The average Bonchev–Trinajstić information content (AvgIpc) is 2.65. The van der Waals surface area contributed by atoms with E-state index in [0.29, 0.717) is 16.5 Å². The lowest BCUT2D eigenvalue weighted by Crippen LogP contribution is -2.12. The van der Waals surface area contributed by atoms with Crippen molar-refractivity contribution in [2.45, 2.75) is 20.8 Å². The number of Topliss-reactive ketones (excluding diaryl/α,β-unsaturated/α-hetero) is 3. The van der Waals surface area contributed by atoms with Crippen LogP contribution in [0.25, 0.3) is 32.3 Å². The van der Waals surface area contributed by atoms with Crippen molar-refractivity contribution in [3.05, 3.63) is 71.3 Å². The lowest BCUT2D eigenvalue weighted by atomic mass is 9.86. The van der Waals surface area contributed by atoms with Crippen molar-refractivity contribution in [3.8, 4) is 0 Å². The van der Waals surface area contributed by atoms with Crippen LogP contribution in [0, 0.1) is 0 Å². The highest BCUT2D eigenvalue weighted by Crippen LogP contribution is 2.35. The summed E-state index contributed by atoms with van der Waals surface area (Å²) in [6.07, 6.45) is 0. The Labute approximate surface area is 156 Å². The molecule has 0 heterocycles. The van der Waals surface area contributed by atoms with Crippen molar-refractivity contribution in [1.82, 2.24) is 0 Å². The van der Waals surface area contributed by atoms with Gasteiger partial charge in [0.25, 0.3) is 0 Å². The largest absolute Gasteiger partial charge is 0.294 e. The molecular formula is C24H18O3. The molecule has 4 aromatic rings. The quantitative estimate of drug-likeness (QED) is 0.347. The summed E-state index contributed by atoms with van der Waals surface area (Å²) in [5.74, 6) is -0.707. The van der Waals surface area contributed by atoms with Gasteiger partial charge in [0.2, 0.25) is 0 Å². The molecule has 0 saturated heterocycles. The fraction of sp³-hybridized carbons (Fsp3) is 0.125. The molecule has 0 aliphatic rings. The molecule has 3 heteroatoms. The second kappa shape index (κ2) is 6.13. The molecule has 0 saturated carbocycles. The molecule has 0 radical (unpaired) electrons. The lowest BCUT2D eigenvalue weighted by Gasteiger charge is -2.15. The van der Waals surface area contributed by atoms with Gasteiger partial charge in [0, 0.05) is 16.7 Å². The summed E-state index contributed by atoms with van der Waals surface area (Å²) in [7, 11) is 0. The van der Waals surface area contributed by atoms with E-state index in [-0.39, 0.29) is 22.9 Å². The van der Waals surface area contributed by atoms with Crippen molar-refractivity contribution >= 4 is 49.7 Å². The summed E-state index contributed by atoms with van der Waals surface area (Å²) in [5.41, 5.74) is 0.865. The highest BCUT2D eigenvalue weighted by molar-refractivity contribution is 6.26. The third-order valence-corrected chi connectivity index (χ3v) is 5.13. The molecule has 0 spiro atoms. The standard InChI is InChI=1S/C24H18O3/c1-13(25)21-12-22-19-9-8-16-6-4-5-7-17(16)18(19)10-11-20(22)23(14(2)26)24(21)15(3)27/h4-12H,1-3H3. The average molecular weight is 354 g/mol. The maximum atomic E-state index is 12.4. The molecule has 4 rings (SSSR count). The van der Waals surface area contributed by atoms with Crippen LogP contribution in [0.15, 0.2) is 54.6 Å². The van der Waals surface area contributed by atoms with Gasteiger partial charge in [0.15, 0.2) is 17.3 Å². The number of fused-ring (bicyclic) bond motifs is 5. The fourth-order valence-electron chi connectivity index (χ4n) is 3.98. The van der Waals surface area contributed by atoms with Crippen LogP contribution in [0.3, 0.4) is 0 Å². The van der Waals surface area contributed by atoms with Crippen LogP contribution >= 0.6 is 0 Å². The van der Waals surface area contributed by atoms with Crippen LogP contribution in [0.2, 0.25) is 0 Å². The number of benzene rings is 4. The molecule has 132 valence electrons. The van der Waals surface area contributed by atoms with Gasteiger partial charge in [0.1, 0.15) is 0 Å². The third-order valence-electron chi connectivity index (χ3n) is 5.13. The predicted molar refractivity (Wildman–Crippen MR) is 109 cm³/mol. The number of ketones is 3. The number of rotatable bonds is 3. The summed E-state index contributed by atoms with van der Waals surface area (Å²) in [4.78, 5) is 37.0. The monoisotopic (exact) mass is 354 g/mol. The Kier molecular flexibility index (Phi) is 3.88. The highest BCUT2D eigenvalue weighted by atomic mass is 16.1. The summed E-state index contributed by atoms with van der Waals surface area (Å²) < 4.78 is 0. The van der Waals surface area contributed by atoms with Gasteiger partial charge < -0.3 is 0 Å². The molecule has 0 atom stereocenters. The zero-order chi connectivity index (χ0) is 19.3. The Morgan fingerprint density at radius 1 is 0.556 bits per heavy atom. The van der Waals surface area contributed by atoms with Gasteiger partial charge in [-0.25, -0.2) is 0 Å². The summed E-state index contributed by atoms with van der Waals surface area (Å²) in [6, 6.07) is 17.8. The molecule has 0 bridgehead atoms. The molecule has 4 aromatic carbocycles. The molecule has 27 heavy (non-hydrogen) atoms. The number of hydrogen-bond donors (Lipinski definition) is 0. The number of carbonyl (C=O) groups excluding carboxylic acids is 3. The second-order valence-electron chi connectivity index (χ2n) is 6.89. The predicted octanol–water partition coefficient (Wildman–Crippen LogP) is 5.75. The van der Waals surface area contributed by atoms with E-state index < -0.39 is 0 Å². The lowest BCUT2D eigenvalue weighted by molar-refractivity contribution is 0.0969. The molecule has 0 N–H and O–H groups in total. The minimum Gasteiger partial charge on any atom is -0.294 e. The molecule has 0 fully saturated rings. The Morgan fingerprint density at radius 3 is 1.81 bits per heavy atom. The van der Waals surface area contributed by atoms with E-state index in [9.17, 15) is 14.4 Å². The second-order valence-corrected chi connectivity index (χ2v) is 6.89. The van der Waals surface area contributed by atoms with Gasteiger partial charge in [-0.15, -0.1) is 0 Å². The first-order valence-electron chi connectivity index (χ1n) is 8.84. The van der Waals surface area contributed by atoms with Crippen LogP contribution in [0.5, 0.6) is 0 Å². The van der Waals surface area contributed by atoms with Gasteiger partial charge >= 0.3 is 0 Å². The Bertz CT molecular complexity index is 1300. The van der Waals surface area contributed by atoms with Gasteiger partial charge in [-0.2, -0.15) is 0 Å². The van der Waals surface area contributed by atoms with E-state index in [1.807, 2.05) is 36.4 Å². The van der Waals surface area contributed by atoms with Crippen LogP contribution in [0.4, 0.5) is 0 Å². The topological polar surface area (TPSA) is 51.2 Å².